The van der Waals surface area contributed by atoms with Gasteiger partial charge in [-0.1, -0.05) is 32.0 Å². The van der Waals surface area contributed by atoms with Crippen molar-refractivity contribution >= 4 is 11.8 Å². The van der Waals surface area contributed by atoms with Crippen molar-refractivity contribution in [2.45, 2.75) is 32.5 Å². The minimum absolute atomic E-state index is 0. The Hall–Kier alpha value is -1.59. The minimum Gasteiger partial charge on any atom is -0.442 e. The van der Waals surface area contributed by atoms with E-state index in [9.17, 15) is 9.90 Å². The van der Waals surface area contributed by atoms with Gasteiger partial charge in [0.25, 0.3) is 0 Å². The molecule has 5 heteroatoms. The van der Waals surface area contributed by atoms with E-state index in [1.54, 1.807) is 0 Å². The molecule has 1 amide bonds. The molecule has 2 heterocycles. The van der Waals surface area contributed by atoms with Crippen molar-refractivity contribution in [2.75, 3.05) is 24.6 Å². The van der Waals surface area contributed by atoms with Gasteiger partial charge in [-0.2, -0.15) is 0 Å². The molecule has 3 rings (SSSR count). The highest BCUT2D eigenvalue weighted by Gasteiger charge is 2.51. The lowest BCUT2D eigenvalue weighted by atomic mass is 10.1. The van der Waals surface area contributed by atoms with E-state index in [0.29, 0.717) is 5.69 Å². The second kappa shape index (κ2) is 5.81. The monoisotopic (exact) mass is 278 g/mol. The van der Waals surface area contributed by atoms with Crippen molar-refractivity contribution < 1.29 is 14.6 Å². The Morgan fingerprint density at radius 3 is 2.40 bits per heavy atom. The number of likely N-dealkylation sites (tertiary alicyclic amines) is 1. The molecule has 0 spiro atoms. The number of benzene rings is 1. The zero-order chi connectivity index (χ0) is 13.3. The number of aliphatic hydroxyl groups is 1. The molecule has 5 nitrogen and oxygen atoms in total. The predicted molar refractivity (Wildman–Crippen MR) is 77.4 cm³/mol. The van der Waals surface area contributed by atoms with E-state index < -0.39 is 11.9 Å². The first-order chi connectivity index (χ1) is 9.22. The molecule has 0 radical (unpaired) electrons. The summed E-state index contributed by atoms with van der Waals surface area (Å²) in [5, 5.41) is 10.9. The highest BCUT2D eigenvalue weighted by atomic mass is 16.6. The Balaban J connectivity index is 0.00000147. The summed E-state index contributed by atoms with van der Waals surface area (Å²) >= 11 is 0. The van der Waals surface area contributed by atoms with E-state index in [1.165, 1.54) is 11.3 Å². The molecule has 2 aliphatic rings. The topological polar surface area (TPSA) is 53.0 Å². The number of nitrogens with zero attached hydrogens (tertiary/aromatic N) is 2. The Kier molecular flexibility index (Phi) is 4.30. The number of amides is 1. The van der Waals surface area contributed by atoms with Gasteiger partial charge in [-0.05, 0) is 25.0 Å². The van der Waals surface area contributed by atoms with E-state index in [1.807, 2.05) is 35.2 Å². The zero-order valence-electron chi connectivity index (χ0n) is 10.8. The van der Waals surface area contributed by atoms with Gasteiger partial charge in [0.15, 0.2) is 6.61 Å². The fourth-order valence-corrected chi connectivity index (χ4v) is 2.81. The van der Waals surface area contributed by atoms with Gasteiger partial charge in [0.1, 0.15) is 0 Å². The highest BCUT2D eigenvalue weighted by Crippen LogP contribution is 2.33. The second-order valence-corrected chi connectivity index (χ2v) is 5.05. The van der Waals surface area contributed by atoms with Crippen LogP contribution in [0.1, 0.15) is 26.7 Å². The van der Waals surface area contributed by atoms with Crippen molar-refractivity contribution in [3.05, 3.63) is 30.3 Å². The molecule has 2 fully saturated rings. The van der Waals surface area contributed by atoms with E-state index in [0.717, 1.165) is 25.9 Å². The molecule has 1 N–H and O–H groups in total. The summed E-state index contributed by atoms with van der Waals surface area (Å²) < 4.78 is 5.08. The van der Waals surface area contributed by atoms with Crippen molar-refractivity contribution in [1.29, 1.82) is 0 Å². The largest absolute Gasteiger partial charge is 0.442 e. The molecule has 1 aromatic carbocycles. The molecule has 1 aromatic rings. The number of rotatable bonds is 2. The van der Waals surface area contributed by atoms with Crippen molar-refractivity contribution in [3.8, 4) is 0 Å². The molecule has 0 bridgehead atoms. The minimum atomic E-state index is -1.35. The number of cyclic esters (lactones) is 1. The van der Waals surface area contributed by atoms with E-state index in [2.05, 4.69) is 0 Å². The maximum Gasteiger partial charge on any atom is 0.418 e. The van der Waals surface area contributed by atoms with Crippen LogP contribution in [0.25, 0.3) is 0 Å². The van der Waals surface area contributed by atoms with Gasteiger partial charge >= 0.3 is 6.09 Å². The lowest BCUT2D eigenvalue weighted by molar-refractivity contribution is -0.114. The summed E-state index contributed by atoms with van der Waals surface area (Å²) in [6.07, 6.45) is 2.77. The number of hydrogen-bond acceptors (Lipinski definition) is 4. The molecule has 0 aliphatic carbocycles. The third-order valence-corrected chi connectivity index (χ3v) is 3.81. The molecule has 2 saturated heterocycles. The Morgan fingerprint density at radius 1 is 1.10 bits per heavy atom. The van der Waals surface area contributed by atoms with Gasteiger partial charge in [-0.15, -0.1) is 0 Å². The van der Waals surface area contributed by atoms with Crippen molar-refractivity contribution in [1.82, 2.24) is 4.90 Å². The average Bonchev–Trinajstić information content (AvgIpc) is 2.78. The highest BCUT2D eigenvalue weighted by molar-refractivity contribution is 5.90. The Labute approximate surface area is 119 Å². The number of para-hydroxylation sites is 1. The van der Waals surface area contributed by atoms with Crippen LogP contribution in [-0.4, -0.2) is 41.6 Å². The van der Waals surface area contributed by atoms with Crippen LogP contribution >= 0.6 is 0 Å². The molecule has 1 unspecified atom stereocenters. The average molecular weight is 278 g/mol. The van der Waals surface area contributed by atoms with Gasteiger partial charge in [-0.25, -0.2) is 9.69 Å². The van der Waals surface area contributed by atoms with Crippen LogP contribution in [0.5, 0.6) is 0 Å². The summed E-state index contributed by atoms with van der Waals surface area (Å²) in [6.45, 7) is 1.58. The lowest BCUT2D eigenvalue weighted by Gasteiger charge is -2.41. The molecule has 0 aromatic heterocycles. The quantitative estimate of drug-likeness (QED) is 0.902. The fraction of sp³-hybridized carbons (Fsp3) is 0.533. The molecule has 2 aliphatic heterocycles. The second-order valence-electron chi connectivity index (χ2n) is 5.05. The van der Waals surface area contributed by atoms with Gasteiger partial charge in [0.2, 0.25) is 5.85 Å². The fourth-order valence-electron chi connectivity index (χ4n) is 2.81. The number of carbonyl (C=O) groups excluding carboxylic acids is 1. The molecular weight excluding hydrogens is 256 g/mol. The Bertz CT molecular complexity index is 459. The van der Waals surface area contributed by atoms with Crippen LogP contribution in [-0.2, 0) is 4.74 Å². The SMILES string of the molecule is C.O=C1OCC(O)(N2CCCCC2)N1c1ccccc1. The predicted octanol–water partition coefficient (Wildman–Crippen LogP) is 2.41. The van der Waals surface area contributed by atoms with E-state index >= 15 is 0 Å². The maximum absolute atomic E-state index is 12.0. The smallest absolute Gasteiger partial charge is 0.418 e. The summed E-state index contributed by atoms with van der Waals surface area (Å²) in [7, 11) is 0. The van der Waals surface area contributed by atoms with Crippen LogP contribution in [0.2, 0.25) is 0 Å². The van der Waals surface area contributed by atoms with Gasteiger partial charge in [-0.3, -0.25) is 4.90 Å². The summed E-state index contributed by atoms with van der Waals surface area (Å²) in [6, 6.07) is 9.18. The summed E-state index contributed by atoms with van der Waals surface area (Å²) in [5.74, 6) is -1.35. The number of hydrogen-bond donors (Lipinski definition) is 1. The van der Waals surface area contributed by atoms with Gasteiger partial charge in [0, 0.05) is 13.1 Å². The maximum atomic E-state index is 12.0. The first-order valence-corrected chi connectivity index (χ1v) is 6.71. The normalized spacial score (nSPS) is 27.1. The third-order valence-electron chi connectivity index (χ3n) is 3.81. The third kappa shape index (κ3) is 2.39. The van der Waals surface area contributed by atoms with E-state index in [-0.39, 0.29) is 14.0 Å². The van der Waals surface area contributed by atoms with Crippen LogP contribution < -0.4 is 4.90 Å². The van der Waals surface area contributed by atoms with Crippen molar-refractivity contribution in [3.63, 3.8) is 0 Å². The first kappa shape index (κ1) is 14.8. The summed E-state index contributed by atoms with van der Waals surface area (Å²) in [4.78, 5) is 15.2. The number of ether oxygens (including phenoxy) is 1. The Morgan fingerprint density at radius 2 is 1.75 bits per heavy atom. The van der Waals surface area contributed by atoms with E-state index in [4.69, 9.17) is 4.74 Å². The van der Waals surface area contributed by atoms with Gasteiger partial charge in [0.05, 0.1) is 5.69 Å². The molecule has 1 atom stereocenters. The summed E-state index contributed by atoms with van der Waals surface area (Å²) in [5.41, 5.74) is 0.665. The molecular formula is C15H22N2O3. The number of carbonyl (C=O) groups is 1. The van der Waals surface area contributed by atoms with Gasteiger partial charge < -0.3 is 9.84 Å². The van der Waals surface area contributed by atoms with Crippen LogP contribution in [0.15, 0.2) is 30.3 Å². The molecule has 110 valence electrons. The van der Waals surface area contributed by atoms with Crippen LogP contribution in [0.3, 0.4) is 0 Å². The first-order valence-electron chi connectivity index (χ1n) is 6.71. The number of anilines is 1. The molecule has 20 heavy (non-hydrogen) atoms. The lowest BCUT2D eigenvalue weighted by Crippen LogP contribution is -2.61. The zero-order valence-corrected chi connectivity index (χ0v) is 10.8. The van der Waals surface area contributed by atoms with Crippen molar-refractivity contribution in [2.24, 2.45) is 0 Å². The number of piperidine rings is 1. The molecule has 0 saturated carbocycles. The standard InChI is InChI=1S/C14H18N2O3.CH4/c17-13-16(12-7-3-1-4-8-12)14(18,11-19-13)15-9-5-2-6-10-15;/h1,3-4,7-8,18H,2,5-6,9-11H2;1H4. The van der Waals surface area contributed by atoms with Crippen LogP contribution in [0, 0.1) is 0 Å². The van der Waals surface area contributed by atoms with Crippen LogP contribution in [0.4, 0.5) is 10.5 Å².